The Hall–Kier alpha value is -6.06. The highest BCUT2D eigenvalue weighted by Crippen LogP contribution is 2.68. The van der Waals surface area contributed by atoms with Gasteiger partial charge in [-0.2, -0.15) is 0 Å². The normalized spacial score (nSPS) is 14.9. The van der Waals surface area contributed by atoms with Gasteiger partial charge in [0.15, 0.2) is 0 Å². The lowest BCUT2D eigenvalue weighted by Gasteiger charge is -2.48. The number of benzene rings is 7. The van der Waals surface area contributed by atoms with Crippen LogP contribution in [0.5, 0.6) is 0 Å². The summed E-state index contributed by atoms with van der Waals surface area (Å²) < 4.78 is 0. The molecule has 2 spiro atoms. The van der Waals surface area contributed by atoms with E-state index in [-0.39, 0.29) is 10.6 Å². The summed E-state index contributed by atoms with van der Waals surface area (Å²) in [6, 6.07) is 57.9. The number of para-hydroxylation sites is 1. The number of rotatable bonds is 2. The maximum atomic E-state index is 12.3. The fraction of sp³-hybridized carbons (Fsp3) is 0.0455. The van der Waals surface area contributed by atoms with E-state index in [1.807, 2.05) is 18.2 Å². The van der Waals surface area contributed by atoms with Crippen molar-refractivity contribution in [3.63, 3.8) is 0 Å². The molecule has 3 nitrogen and oxygen atoms in total. The molecule has 10 rings (SSSR count). The Kier molecular flexibility index (Phi) is 5.15. The van der Waals surface area contributed by atoms with Gasteiger partial charge in [0.2, 0.25) is 0 Å². The molecule has 7 aromatic rings. The van der Waals surface area contributed by atoms with E-state index in [2.05, 4.69) is 133 Å². The van der Waals surface area contributed by atoms with Gasteiger partial charge < -0.3 is 0 Å². The van der Waals surface area contributed by atoms with Crippen molar-refractivity contribution in [2.75, 3.05) is 0 Å². The van der Waals surface area contributed by atoms with Crippen molar-refractivity contribution in [2.24, 2.45) is 0 Å². The van der Waals surface area contributed by atoms with Gasteiger partial charge >= 0.3 is 0 Å². The standard InChI is InChI=1S/C44H27NO2/c46-45(47)41-27-12-4-16-30(41)31-18-13-26-40-42(31)32-17-3-7-21-35(32)44(40)38-24-10-8-22-36(38)43(37-23-9-11-25-39(37)44)33-19-5-1-14-28(33)29-15-2-6-20-34(29)43/h1-27H. The van der Waals surface area contributed by atoms with Gasteiger partial charge in [0.25, 0.3) is 5.69 Å². The van der Waals surface area contributed by atoms with Crippen LogP contribution in [-0.4, -0.2) is 4.92 Å². The summed E-state index contributed by atoms with van der Waals surface area (Å²) in [5.41, 5.74) is 15.2. The molecule has 0 radical (unpaired) electrons. The van der Waals surface area contributed by atoms with E-state index in [1.165, 1.54) is 50.1 Å². The van der Waals surface area contributed by atoms with E-state index >= 15 is 0 Å². The molecule has 3 aliphatic rings. The van der Waals surface area contributed by atoms with Crippen molar-refractivity contribution in [1.82, 2.24) is 0 Å². The first-order chi connectivity index (χ1) is 23.2. The minimum Gasteiger partial charge on any atom is -0.258 e. The van der Waals surface area contributed by atoms with Gasteiger partial charge in [0, 0.05) is 6.07 Å². The largest absolute Gasteiger partial charge is 0.277 e. The highest BCUT2D eigenvalue weighted by molar-refractivity contribution is 5.99. The van der Waals surface area contributed by atoms with Gasteiger partial charge in [-0.25, -0.2) is 0 Å². The summed E-state index contributed by atoms with van der Waals surface area (Å²) in [5.74, 6) is 0. The number of hydrogen-bond donors (Lipinski definition) is 0. The Balaban J connectivity index is 1.39. The first kappa shape index (κ1) is 26.2. The molecule has 0 saturated heterocycles. The molecule has 0 heterocycles. The molecule has 0 saturated carbocycles. The number of hydrogen-bond acceptors (Lipinski definition) is 2. The lowest BCUT2D eigenvalue weighted by molar-refractivity contribution is -0.384. The Labute approximate surface area is 272 Å². The maximum Gasteiger partial charge on any atom is 0.277 e. The molecule has 0 unspecified atom stereocenters. The molecule has 220 valence electrons. The third-order valence-electron chi connectivity index (χ3n) is 10.9. The van der Waals surface area contributed by atoms with Gasteiger partial charge in [-0.3, -0.25) is 10.1 Å². The highest BCUT2D eigenvalue weighted by atomic mass is 16.6. The summed E-state index contributed by atoms with van der Waals surface area (Å²) in [5, 5.41) is 12.3. The third-order valence-corrected chi connectivity index (χ3v) is 10.9. The van der Waals surface area contributed by atoms with Crippen LogP contribution in [0.2, 0.25) is 0 Å². The second kappa shape index (κ2) is 9.24. The molecule has 47 heavy (non-hydrogen) atoms. The van der Waals surface area contributed by atoms with Crippen LogP contribution in [-0.2, 0) is 10.8 Å². The van der Waals surface area contributed by atoms with E-state index in [4.69, 9.17) is 0 Å². The second-order valence-corrected chi connectivity index (χ2v) is 12.7. The molecular weight excluding hydrogens is 574 g/mol. The number of nitro groups is 1. The fourth-order valence-electron chi connectivity index (χ4n) is 9.37. The molecular formula is C44H27NO2. The van der Waals surface area contributed by atoms with Crippen LogP contribution in [0.15, 0.2) is 164 Å². The quantitative estimate of drug-likeness (QED) is 0.146. The smallest absolute Gasteiger partial charge is 0.258 e. The van der Waals surface area contributed by atoms with Crippen molar-refractivity contribution in [3.05, 3.63) is 218 Å². The van der Waals surface area contributed by atoms with Crippen LogP contribution in [0, 0.1) is 10.1 Å². The molecule has 0 aromatic heterocycles. The van der Waals surface area contributed by atoms with Crippen molar-refractivity contribution < 1.29 is 4.92 Å². The Morgan fingerprint density at radius 1 is 0.340 bits per heavy atom. The van der Waals surface area contributed by atoms with E-state index < -0.39 is 10.8 Å². The van der Waals surface area contributed by atoms with Gasteiger partial charge in [-0.1, -0.05) is 152 Å². The highest BCUT2D eigenvalue weighted by Gasteiger charge is 2.59. The average Bonchev–Trinajstić information content (AvgIpc) is 3.60. The lowest BCUT2D eigenvalue weighted by atomic mass is 9.52. The zero-order valence-corrected chi connectivity index (χ0v) is 25.4. The average molecular weight is 602 g/mol. The number of nitrogens with zero attached hydrogens (tertiary/aromatic N) is 1. The molecule has 0 fully saturated rings. The third kappa shape index (κ3) is 3.02. The van der Waals surface area contributed by atoms with E-state index in [1.54, 1.807) is 12.1 Å². The fourth-order valence-corrected chi connectivity index (χ4v) is 9.37. The summed E-state index contributed by atoms with van der Waals surface area (Å²) in [6.07, 6.45) is 0. The zero-order chi connectivity index (χ0) is 31.3. The number of fused-ring (bicyclic) bond motifs is 16. The maximum absolute atomic E-state index is 12.3. The molecule has 0 aliphatic heterocycles. The molecule has 7 aromatic carbocycles. The Bertz CT molecular complexity index is 2380. The summed E-state index contributed by atoms with van der Waals surface area (Å²) >= 11 is 0. The van der Waals surface area contributed by atoms with Gasteiger partial charge in [-0.15, -0.1) is 0 Å². The van der Waals surface area contributed by atoms with Crippen LogP contribution < -0.4 is 0 Å². The minimum absolute atomic E-state index is 0.113. The lowest BCUT2D eigenvalue weighted by Crippen LogP contribution is -2.43. The summed E-state index contributed by atoms with van der Waals surface area (Å²) in [6.45, 7) is 0. The van der Waals surface area contributed by atoms with Crippen LogP contribution >= 0.6 is 0 Å². The first-order valence-electron chi connectivity index (χ1n) is 16.0. The van der Waals surface area contributed by atoms with E-state index in [9.17, 15) is 10.1 Å². The molecule has 3 aliphatic carbocycles. The zero-order valence-electron chi connectivity index (χ0n) is 25.4. The molecule has 0 N–H and O–H groups in total. The van der Waals surface area contributed by atoms with Gasteiger partial charge in [0.1, 0.15) is 0 Å². The van der Waals surface area contributed by atoms with E-state index in [0.717, 1.165) is 22.3 Å². The topological polar surface area (TPSA) is 43.1 Å². The second-order valence-electron chi connectivity index (χ2n) is 12.7. The van der Waals surface area contributed by atoms with Gasteiger partial charge in [0.05, 0.1) is 21.3 Å². The predicted octanol–water partition coefficient (Wildman–Crippen LogP) is 10.3. The van der Waals surface area contributed by atoms with Crippen molar-refractivity contribution in [2.45, 2.75) is 10.8 Å². The first-order valence-corrected chi connectivity index (χ1v) is 16.0. The SMILES string of the molecule is O=[N+]([O-])c1ccccc1-c1cccc2c1-c1ccccc1C21c2ccccc2C2(c3ccccc3-c3ccccc32)c2ccccc21. The van der Waals surface area contributed by atoms with Crippen LogP contribution in [0.25, 0.3) is 33.4 Å². The Morgan fingerprint density at radius 3 is 1.19 bits per heavy atom. The van der Waals surface area contributed by atoms with Crippen molar-refractivity contribution >= 4 is 5.69 Å². The van der Waals surface area contributed by atoms with Crippen LogP contribution in [0.3, 0.4) is 0 Å². The summed E-state index contributed by atoms with van der Waals surface area (Å²) in [4.78, 5) is 12.0. The number of nitro benzene ring substituents is 1. The van der Waals surface area contributed by atoms with Crippen LogP contribution in [0.1, 0.15) is 44.5 Å². The van der Waals surface area contributed by atoms with Crippen molar-refractivity contribution in [1.29, 1.82) is 0 Å². The predicted molar refractivity (Wildman–Crippen MR) is 187 cm³/mol. The van der Waals surface area contributed by atoms with Crippen LogP contribution in [0.4, 0.5) is 5.69 Å². The molecule has 0 amide bonds. The molecule has 0 atom stereocenters. The van der Waals surface area contributed by atoms with E-state index in [0.29, 0.717) is 5.56 Å². The monoisotopic (exact) mass is 601 g/mol. The minimum atomic E-state index is -0.629. The molecule has 3 heteroatoms. The van der Waals surface area contributed by atoms with Gasteiger partial charge in [-0.05, 0) is 78.4 Å². The molecule has 0 bridgehead atoms. The Morgan fingerprint density at radius 2 is 0.681 bits per heavy atom. The summed E-state index contributed by atoms with van der Waals surface area (Å²) in [7, 11) is 0. The van der Waals surface area contributed by atoms with Crippen molar-refractivity contribution in [3.8, 4) is 33.4 Å².